The van der Waals surface area contributed by atoms with E-state index in [1.807, 2.05) is 61.9 Å². The maximum atomic E-state index is 13.1. The molecular formula is C22H21N3OS. The number of nitrogens with zero attached hydrogens (tertiary/aromatic N) is 3. The maximum Gasteiger partial charge on any atom is 0.284 e. The van der Waals surface area contributed by atoms with Gasteiger partial charge in [0, 0.05) is 26.2 Å². The molecule has 4 rings (SSSR count). The van der Waals surface area contributed by atoms with Gasteiger partial charge in [-0.15, -0.1) is 11.3 Å². The molecule has 3 aromatic rings. The number of thiophene rings is 1. The highest BCUT2D eigenvalue weighted by Gasteiger charge is 2.34. The fourth-order valence-electron chi connectivity index (χ4n) is 3.27. The quantitative estimate of drug-likeness (QED) is 0.656. The molecule has 1 unspecified atom stereocenters. The second-order valence-corrected chi connectivity index (χ2v) is 7.69. The monoisotopic (exact) mass is 375 g/mol. The number of benzene rings is 2. The average molecular weight is 375 g/mol. The first-order valence-electron chi connectivity index (χ1n) is 8.91. The highest BCUT2D eigenvalue weighted by molar-refractivity contribution is 7.12. The van der Waals surface area contributed by atoms with Crippen LogP contribution in [0.25, 0.3) is 0 Å². The van der Waals surface area contributed by atoms with Gasteiger partial charge in [0.1, 0.15) is 0 Å². The Morgan fingerprint density at radius 3 is 2.41 bits per heavy atom. The Labute approximate surface area is 163 Å². The molecule has 1 amide bonds. The van der Waals surface area contributed by atoms with Crippen LogP contribution in [-0.4, -0.2) is 30.7 Å². The lowest BCUT2D eigenvalue weighted by Crippen LogP contribution is -2.26. The van der Waals surface area contributed by atoms with E-state index in [4.69, 9.17) is 5.10 Å². The third-order valence-electron chi connectivity index (χ3n) is 4.75. The number of hydrogen-bond donors (Lipinski definition) is 0. The smallest absolute Gasteiger partial charge is 0.284 e. The van der Waals surface area contributed by atoms with E-state index in [0.717, 1.165) is 22.5 Å². The van der Waals surface area contributed by atoms with Gasteiger partial charge in [-0.3, -0.25) is 4.79 Å². The lowest BCUT2D eigenvalue weighted by molar-refractivity contribution is 0.0716. The van der Waals surface area contributed by atoms with Crippen LogP contribution in [0.2, 0.25) is 0 Å². The average Bonchev–Trinajstić information content (AvgIpc) is 3.38. The Bertz CT molecular complexity index is 947. The van der Waals surface area contributed by atoms with Gasteiger partial charge in [0.2, 0.25) is 0 Å². The van der Waals surface area contributed by atoms with E-state index in [9.17, 15) is 4.79 Å². The van der Waals surface area contributed by atoms with Crippen LogP contribution in [-0.2, 0) is 0 Å². The van der Waals surface area contributed by atoms with Crippen LogP contribution < -0.4 is 4.90 Å². The van der Waals surface area contributed by atoms with Crippen LogP contribution in [0.1, 0.15) is 33.3 Å². The standard InChI is InChI=1S/C22H21N3OS/c1-24(2)18-12-10-17(11-13-18)20-15-19(16-7-4-3-5-8-16)23-25(20)22(26)21-9-6-14-27-21/h3-14,20H,15H2,1-2H3. The molecule has 2 aromatic carbocycles. The minimum atomic E-state index is -0.0916. The lowest BCUT2D eigenvalue weighted by atomic mass is 9.98. The summed E-state index contributed by atoms with van der Waals surface area (Å²) < 4.78 is 0. The van der Waals surface area contributed by atoms with Crippen LogP contribution >= 0.6 is 11.3 Å². The van der Waals surface area contributed by atoms with E-state index in [0.29, 0.717) is 11.3 Å². The SMILES string of the molecule is CN(C)c1ccc(C2CC(c3ccccc3)=NN2C(=O)c2cccs2)cc1. The number of hydrogen-bond acceptors (Lipinski definition) is 4. The Kier molecular flexibility index (Phi) is 4.77. The summed E-state index contributed by atoms with van der Waals surface area (Å²) in [5.74, 6) is -0.0439. The molecule has 27 heavy (non-hydrogen) atoms. The highest BCUT2D eigenvalue weighted by Crippen LogP contribution is 2.35. The molecule has 1 aromatic heterocycles. The molecule has 0 spiro atoms. The van der Waals surface area contributed by atoms with E-state index in [1.165, 1.54) is 11.3 Å². The fourth-order valence-corrected chi connectivity index (χ4v) is 3.93. The zero-order valence-corrected chi connectivity index (χ0v) is 16.2. The van der Waals surface area contributed by atoms with Gasteiger partial charge in [-0.05, 0) is 34.7 Å². The molecule has 1 aliphatic rings. The third-order valence-corrected chi connectivity index (χ3v) is 5.61. The predicted octanol–water partition coefficient (Wildman–Crippen LogP) is 4.81. The van der Waals surface area contributed by atoms with Crippen molar-refractivity contribution in [1.82, 2.24) is 5.01 Å². The molecule has 5 heteroatoms. The minimum absolute atomic E-state index is 0.0439. The van der Waals surface area contributed by atoms with Gasteiger partial charge in [-0.1, -0.05) is 48.5 Å². The number of carbonyl (C=O) groups excluding carboxylic acids is 1. The number of carbonyl (C=O) groups is 1. The molecule has 1 atom stereocenters. The van der Waals surface area contributed by atoms with Crippen molar-refractivity contribution in [2.75, 3.05) is 19.0 Å². The van der Waals surface area contributed by atoms with Crippen molar-refractivity contribution in [3.63, 3.8) is 0 Å². The van der Waals surface area contributed by atoms with Gasteiger partial charge in [0.15, 0.2) is 0 Å². The van der Waals surface area contributed by atoms with Crippen LogP contribution in [0, 0.1) is 0 Å². The van der Waals surface area contributed by atoms with Gasteiger partial charge in [0.25, 0.3) is 5.91 Å². The fraction of sp³-hybridized carbons (Fsp3) is 0.182. The minimum Gasteiger partial charge on any atom is -0.378 e. The van der Waals surface area contributed by atoms with Crippen molar-refractivity contribution < 1.29 is 4.79 Å². The van der Waals surface area contributed by atoms with Gasteiger partial charge in [-0.25, -0.2) is 5.01 Å². The first-order chi connectivity index (χ1) is 13.1. The molecule has 4 nitrogen and oxygen atoms in total. The van der Waals surface area contributed by atoms with Crippen molar-refractivity contribution in [3.8, 4) is 0 Å². The van der Waals surface area contributed by atoms with Gasteiger partial charge < -0.3 is 4.90 Å². The summed E-state index contributed by atoms with van der Waals surface area (Å²) in [6, 6.07) is 22.1. The summed E-state index contributed by atoms with van der Waals surface area (Å²) in [6.45, 7) is 0. The maximum absolute atomic E-state index is 13.1. The van der Waals surface area contributed by atoms with E-state index in [1.54, 1.807) is 5.01 Å². The zero-order chi connectivity index (χ0) is 18.8. The Morgan fingerprint density at radius 1 is 1.04 bits per heavy atom. The Hall–Kier alpha value is -2.92. The summed E-state index contributed by atoms with van der Waals surface area (Å²) in [4.78, 5) is 15.8. The molecule has 0 aliphatic carbocycles. The van der Waals surface area contributed by atoms with Gasteiger partial charge in [-0.2, -0.15) is 5.10 Å². The van der Waals surface area contributed by atoms with Gasteiger partial charge in [0.05, 0.1) is 16.6 Å². The number of hydrazone groups is 1. The topological polar surface area (TPSA) is 35.9 Å². The molecule has 0 radical (unpaired) electrons. The molecule has 2 heterocycles. The summed E-state index contributed by atoms with van der Waals surface area (Å²) in [6.07, 6.45) is 0.711. The largest absolute Gasteiger partial charge is 0.378 e. The molecule has 0 fully saturated rings. The predicted molar refractivity (Wildman–Crippen MR) is 112 cm³/mol. The number of anilines is 1. The van der Waals surface area contributed by atoms with Crippen molar-refractivity contribution in [1.29, 1.82) is 0 Å². The van der Waals surface area contributed by atoms with Crippen LogP contribution in [0.15, 0.2) is 77.2 Å². The second-order valence-electron chi connectivity index (χ2n) is 6.75. The Morgan fingerprint density at radius 2 is 1.78 bits per heavy atom. The molecule has 0 bridgehead atoms. The van der Waals surface area contributed by atoms with Crippen LogP contribution in [0.4, 0.5) is 5.69 Å². The van der Waals surface area contributed by atoms with Crippen molar-refractivity contribution in [3.05, 3.63) is 88.1 Å². The van der Waals surface area contributed by atoms with Crippen molar-refractivity contribution in [2.24, 2.45) is 5.10 Å². The molecule has 0 saturated heterocycles. The first-order valence-corrected chi connectivity index (χ1v) is 9.78. The second kappa shape index (κ2) is 7.37. The van der Waals surface area contributed by atoms with Crippen LogP contribution in [0.3, 0.4) is 0 Å². The van der Waals surface area contributed by atoms with Crippen molar-refractivity contribution in [2.45, 2.75) is 12.5 Å². The van der Waals surface area contributed by atoms with E-state index < -0.39 is 0 Å². The first kappa shape index (κ1) is 17.5. The van der Waals surface area contributed by atoms with Crippen LogP contribution in [0.5, 0.6) is 0 Å². The summed E-state index contributed by atoms with van der Waals surface area (Å²) in [7, 11) is 4.04. The van der Waals surface area contributed by atoms with E-state index >= 15 is 0 Å². The summed E-state index contributed by atoms with van der Waals surface area (Å²) >= 11 is 1.45. The Balaban J connectivity index is 1.69. The molecule has 0 N–H and O–H groups in total. The third kappa shape index (κ3) is 3.51. The molecule has 0 saturated carbocycles. The van der Waals surface area contributed by atoms with Crippen molar-refractivity contribution >= 4 is 28.6 Å². The normalized spacial score (nSPS) is 16.3. The van der Waals surface area contributed by atoms with E-state index in [-0.39, 0.29) is 11.9 Å². The van der Waals surface area contributed by atoms with Gasteiger partial charge >= 0.3 is 0 Å². The van der Waals surface area contributed by atoms with E-state index in [2.05, 4.69) is 29.2 Å². The summed E-state index contributed by atoms with van der Waals surface area (Å²) in [5, 5.41) is 8.30. The molecule has 136 valence electrons. The molecular weight excluding hydrogens is 354 g/mol. The number of rotatable bonds is 4. The molecule has 1 aliphatic heterocycles. The highest BCUT2D eigenvalue weighted by atomic mass is 32.1. The zero-order valence-electron chi connectivity index (χ0n) is 15.4. The number of amides is 1. The summed E-state index contributed by atoms with van der Waals surface area (Å²) in [5.41, 5.74) is 4.24. The lowest BCUT2D eigenvalue weighted by Gasteiger charge is -2.22.